The Morgan fingerprint density at radius 2 is 2.35 bits per heavy atom. The molecule has 20 heavy (non-hydrogen) atoms. The predicted molar refractivity (Wildman–Crippen MR) is 80.6 cm³/mol. The molecule has 0 bridgehead atoms. The van der Waals surface area contributed by atoms with Crippen LogP contribution in [0.5, 0.6) is 0 Å². The Hall–Kier alpha value is -0.840. The van der Waals surface area contributed by atoms with Gasteiger partial charge in [-0.25, -0.2) is 0 Å². The summed E-state index contributed by atoms with van der Waals surface area (Å²) in [5.41, 5.74) is 0.223. The van der Waals surface area contributed by atoms with Gasteiger partial charge in [0.05, 0.1) is 6.26 Å². The van der Waals surface area contributed by atoms with Crippen LogP contribution in [-0.2, 0) is 0 Å². The first kappa shape index (κ1) is 15.5. The number of aliphatic hydroxyl groups excluding tert-OH is 1. The van der Waals surface area contributed by atoms with Gasteiger partial charge in [0, 0.05) is 18.6 Å². The second kappa shape index (κ2) is 6.74. The lowest BCUT2D eigenvalue weighted by Gasteiger charge is -2.45. The number of nitrogens with one attached hydrogen (secondary N) is 1. The quantitative estimate of drug-likeness (QED) is 0.840. The van der Waals surface area contributed by atoms with E-state index >= 15 is 0 Å². The van der Waals surface area contributed by atoms with Crippen molar-refractivity contribution in [1.29, 1.82) is 0 Å². The summed E-state index contributed by atoms with van der Waals surface area (Å²) in [7, 11) is 4.34. The van der Waals surface area contributed by atoms with Crippen LogP contribution in [0.3, 0.4) is 0 Å². The topological polar surface area (TPSA) is 48.6 Å². The molecule has 1 aliphatic rings. The average Bonchev–Trinajstić information content (AvgIpc) is 2.92. The molecule has 3 atom stereocenters. The molecule has 1 aromatic rings. The molecule has 4 nitrogen and oxygen atoms in total. The molecule has 2 N–H and O–H groups in total. The van der Waals surface area contributed by atoms with E-state index in [1.54, 1.807) is 6.26 Å². The van der Waals surface area contributed by atoms with Crippen LogP contribution in [0.1, 0.15) is 44.5 Å². The Morgan fingerprint density at radius 3 is 2.95 bits per heavy atom. The van der Waals surface area contributed by atoms with E-state index < -0.39 is 6.10 Å². The van der Waals surface area contributed by atoms with Gasteiger partial charge in [-0.3, -0.25) is 0 Å². The average molecular weight is 280 g/mol. The Kier molecular flexibility index (Phi) is 5.24. The summed E-state index contributed by atoms with van der Waals surface area (Å²) in [4.78, 5) is 2.36. The molecule has 0 aliphatic heterocycles. The van der Waals surface area contributed by atoms with Gasteiger partial charge in [-0.1, -0.05) is 19.8 Å². The first-order chi connectivity index (χ1) is 9.53. The van der Waals surface area contributed by atoms with Crippen molar-refractivity contribution in [3.8, 4) is 0 Å². The third-order valence-corrected chi connectivity index (χ3v) is 4.68. The lowest BCUT2D eigenvalue weighted by Crippen LogP contribution is -2.54. The van der Waals surface area contributed by atoms with E-state index in [1.165, 1.54) is 25.7 Å². The molecule has 4 heteroatoms. The smallest absolute Gasteiger partial charge is 0.133 e. The molecule has 0 saturated heterocycles. The number of furan rings is 1. The maximum atomic E-state index is 10.0. The fourth-order valence-corrected chi connectivity index (χ4v) is 3.38. The maximum absolute atomic E-state index is 10.0. The third kappa shape index (κ3) is 3.62. The zero-order chi connectivity index (χ0) is 14.6. The number of hydrogen-bond acceptors (Lipinski definition) is 4. The minimum Gasteiger partial charge on any atom is -0.467 e. The van der Waals surface area contributed by atoms with E-state index in [1.807, 2.05) is 12.1 Å². The van der Waals surface area contributed by atoms with E-state index in [0.717, 1.165) is 12.5 Å². The minimum atomic E-state index is -0.565. The predicted octanol–water partition coefficient (Wildman–Crippen LogP) is 2.41. The SMILES string of the molecule is CC1CCCC(CNCC(O)c2ccco2)(N(C)C)C1. The molecule has 1 fully saturated rings. The van der Waals surface area contributed by atoms with Crippen LogP contribution in [0.15, 0.2) is 22.8 Å². The van der Waals surface area contributed by atoms with Gasteiger partial charge in [0.15, 0.2) is 0 Å². The van der Waals surface area contributed by atoms with Crippen LogP contribution in [0, 0.1) is 5.92 Å². The number of rotatable bonds is 6. The Bertz CT molecular complexity index is 391. The fraction of sp³-hybridized carbons (Fsp3) is 0.750. The van der Waals surface area contributed by atoms with Crippen molar-refractivity contribution in [2.45, 2.75) is 44.2 Å². The van der Waals surface area contributed by atoms with E-state index in [4.69, 9.17) is 4.42 Å². The molecule has 0 radical (unpaired) electrons. The van der Waals surface area contributed by atoms with Crippen molar-refractivity contribution in [3.05, 3.63) is 24.2 Å². The van der Waals surface area contributed by atoms with Crippen molar-refractivity contribution >= 4 is 0 Å². The molecule has 0 amide bonds. The highest BCUT2D eigenvalue weighted by Crippen LogP contribution is 2.35. The van der Waals surface area contributed by atoms with Crippen molar-refractivity contribution in [2.24, 2.45) is 5.92 Å². The molecule has 1 heterocycles. The van der Waals surface area contributed by atoms with Crippen LogP contribution < -0.4 is 5.32 Å². The fourth-order valence-electron chi connectivity index (χ4n) is 3.38. The first-order valence-corrected chi connectivity index (χ1v) is 7.63. The van der Waals surface area contributed by atoms with Gasteiger partial charge in [-0.2, -0.15) is 0 Å². The lowest BCUT2D eigenvalue weighted by molar-refractivity contribution is 0.0684. The number of likely N-dealkylation sites (N-methyl/N-ethyl adjacent to an activating group) is 1. The summed E-state index contributed by atoms with van der Waals surface area (Å²) in [6.45, 7) is 3.80. The van der Waals surface area contributed by atoms with Gasteiger partial charge in [0.2, 0.25) is 0 Å². The van der Waals surface area contributed by atoms with E-state index in [9.17, 15) is 5.11 Å². The van der Waals surface area contributed by atoms with Gasteiger partial charge >= 0.3 is 0 Å². The lowest BCUT2D eigenvalue weighted by atomic mass is 9.75. The summed E-state index contributed by atoms with van der Waals surface area (Å²) in [5, 5.41) is 13.5. The molecule has 0 aromatic carbocycles. The molecule has 1 aromatic heterocycles. The Labute approximate surface area is 122 Å². The van der Waals surface area contributed by atoms with Gasteiger partial charge in [-0.05, 0) is 45.0 Å². The second-order valence-electron chi connectivity index (χ2n) is 6.48. The zero-order valence-corrected chi connectivity index (χ0v) is 12.9. The van der Waals surface area contributed by atoms with Crippen LogP contribution >= 0.6 is 0 Å². The van der Waals surface area contributed by atoms with Crippen LogP contribution in [0.4, 0.5) is 0 Å². The number of nitrogens with zero attached hydrogens (tertiary/aromatic N) is 1. The summed E-state index contributed by atoms with van der Waals surface area (Å²) >= 11 is 0. The largest absolute Gasteiger partial charge is 0.467 e. The standard InChI is InChI=1S/C16H28N2O2/c1-13-6-4-8-16(10-13,18(2)3)12-17-11-14(19)15-7-5-9-20-15/h5,7,9,13-14,17,19H,4,6,8,10-12H2,1-3H3. The summed E-state index contributed by atoms with van der Waals surface area (Å²) in [5.74, 6) is 1.41. The highest BCUT2D eigenvalue weighted by molar-refractivity contribution is 5.02. The van der Waals surface area contributed by atoms with Crippen LogP contribution in [-0.4, -0.2) is 42.7 Å². The summed E-state index contributed by atoms with van der Waals surface area (Å²) < 4.78 is 5.23. The molecule has 0 spiro atoms. The Balaban J connectivity index is 1.86. The summed E-state index contributed by atoms with van der Waals surface area (Å²) in [6.07, 6.45) is 6.12. The van der Waals surface area contributed by atoms with Gasteiger partial charge in [-0.15, -0.1) is 0 Å². The molecule has 3 unspecified atom stereocenters. The van der Waals surface area contributed by atoms with E-state index in [-0.39, 0.29) is 5.54 Å². The van der Waals surface area contributed by atoms with E-state index in [2.05, 4.69) is 31.2 Å². The van der Waals surface area contributed by atoms with Gasteiger partial charge < -0.3 is 19.7 Å². The normalized spacial score (nSPS) is 28.8. The minimum absolute atomic E-state index is 0.223. The highest BCUT2D eigenvalue weighted by Gasteiger charge is 2.36. The molecular formula is C16H28N2O2. The number of aliphatic hydroxyl groups is 1. The monoisotopic (exact) mass is 280 g/mol. The molecule has 114 valence electrons. The molecule has 1 aliphatic carbocycles. The van der Waals surface area contributed by atoms with Crippen LogP contribution in [0.25, 0.3) is 0 Å². The van der Waals surface area contributed by atoms with Crippen molar-refractivity contribution in [2.75, 3.05) is 27.2 Å². The van der Waals surface area contributed by atoms with Crippen LogP contribution in [0.2, 0.25) is 0 Å². The maximum Gasteiger partial charge on any atom is 0.133 e. The van der Waals surface area contributed by atoms with Gasteiger partial charge in [0.1, 0.15) is 11.9 Å². The molecular weight excluding hydrogens is 252 g/mol. The van der Waals surface area contributed by atoms with Crippen molar-refractivity contribution in [3.63, 3.8) is 0 Å². The zero-order valence-electron chi connectivity index (χ0n) is 12.9. The van der Waals surface area contributed by atoms with Gasteiger partial charge in [0.25, 0.3) is 0 Å². The van der Waals surface area contributed by atoms with Crippen molar-refractivity contribution in [1.82, 2.24) is 10.2 Å². The summed E-state index contributed by atoms with van der Waals surface area (Å²) in [6, 6.07) is 3.62. The van der Waals surface area contributed by atoms with E-state index in [0.29, 0.717) is 12.3 Å². The number of hydrogen-bond donors (Lipinski definition) is 2. The molecule has 2 rings (SSSR count). The highest BCUT2D eigenvalue weighted by atomic mass is 16.4. The van der Waals surface area contributed by atoms with Crippen molar-refractivity contribution < 1.29 is 9.52 Å². The second-order valence-corrected chi connectivity index (χ2v) is 6.48. The third-order valence-electron chi connectivity index (χ3n) is 4.68. The Morgan fingerprint density at radius 1 is 1.55 bits per heavy atom. The molecule has 1 saturated carbocycles. The first-order valence-electron chi connectivity index (χ1n) is 7.63.